The van der Waals surface area contributed by atoms with E-state index in [1.807, 2.05) is 42.5 Å². The standard InChI is InChI=1S/C19H24O2/c1-19(2,3)18(21-4)17(20)16-12-10-15(11-13-16)14-8-6-5-7-9-14/h5-13,17-18,20H,1-4H3. The summed E-state index contributed by atoms with van der Waals surface area (Å²) in [5, 5.41) is 10.6. The largest absolute Gasteiger partial charge is 0.386 e. The first-order valence-corrected chi connectivity index (χ1v) is 7.29. The lowest BCUT2D eigenvalue weighted by atomic mass is 9.83. The van der Waals surface area contributed by atoms with Crippen LogP contribution in [0.3, 0.4) is 0 Å². The third kappa shape index (κ3) is 3.72. The molecule has 0 amide bonds. The van der Waals surface area contributed by atoms with Gasteiger partial charge in [0.1, 0.15) is 6.10 Å². The molecule has 112 valence electrons. The van der Waals surface area contributed by atoms with Crippen LogP contribution in [0.2, 0.25) is 0 Å². The molecule has 0 aliphatic heterocycles. The van der Waals surface area contributed by atoms with Gasteiger partial charge in [0, 0.05) is 7.11 Å². The molecule has 1 N–H and O–H groups in total. The fourth-order valence-corrected chi connectivity index (χ4v) is 2.63. The van der Waals surface area contributed by atoms with Crippen molar-refractivity contribution < 1.29 is 9.84 Å². The summed E-state index contributed by atoms with van der Waals surface area (Å²) in [5.41, 5.74) is 3.09. The van der Waals surface area contributed by atoms with Gasteiger partial charge in [-0.15, -0.1) is 0 Å². The van der Waals surface area contributed by atoms with E-state index in [1.54, 1.807) is 7.11 Å². The molecule has 0 spiro atoms. The van der Waals surface area contributed by atoms with Crippen LogP contribution in [-0.2, 0) is 4.74 Å². The smallest absolute Gasteiger partial charge is 0.106 e. The van der Waals surface area contributed by atoms with E-state index in [-0.39, 0.29) is 11.5 Å². The Morgan fingerprint density at radius 2 is 1.38 bits per heavy atom. The van der Waals surface area contributed by atoms with Gasteiger partial charge >= 0.3 is 0 Å². The minimum Gasteiger partial charge on any atom is -0.386 e. The highest BCUT2D eigenvalue weighted by atomic mass is 16.5. The van der Waals surface area contributed by atoms with Gasteiger partial charge in [-0.2, -0.15) is 0 Å². The van der Waals surface area contributed by atoms with Gasteiger partial charge in [0.2, 0.25) is 0 Å². The summed E-state index contributed by atoms with van der Waals surface area (Å²) >= 11 is 0. The molecule has 2 rings (SSSR count). The van der Waals surface area contributed by atoms with Gasteiger partial charge in [-0.3, -0.25) is 0 Å². The highest BCUT2D eigenvalue weighted by Crippen LogP contribution is 2.33. The number of benzene rings is 2. The fraction of sp³-hybridized carbons (Fsp3) is 0.368. The molecule has 21 heavy (non-hydrogen) atoms. The van der Waals surface area contributed by atoms with E-state index in [0.29, 0.717) is 0 Å². The second kappa shape index (κ2) is 6.42. The van der Waals surface area contributed by atoms with Crippen molar-refractivity contribution in [3.05, 3.63) is 60.2 Å². The van der Waals surface area contributed by atoms with E-state index in [9.17, 15) is 5.11 Å². The predicted molar refractivity (Wildman–Crippen MR) is 87.1 cm³/mol. The van der Waals surface area contributed by atoms with Crippen molar-refractivity contribution in [3.63, 3.8) is 0 Å². The van der Waals surface area contributed by atoms with E-state index in [4.69, 9.17) is 4.74 Å². The zero-order valence-corrected chi connectivity index (χ0v) is 13.2. The van der Waals surface area contributed by atoms with Crippen molar-refractivity contribution in [2.45, 2.75) is 33.0 Å². The number of aliphatic hydroxyl groups excluding tert-OH is 1. The lowest BCUT2D eigenvalue weighted by Crippen LogP contribution is -2.34. The van der Waals surface area contributed by atoms with Crippen LogP contribution in [0.5, 0.6) is 0 Å². The van der Waals surface area contributed by atoms with Crippen LogP contribution in [0.15, 0.2) is 54.6 Å². The second-order valence-corrected chi connectivity index (χ2v) is 6.46. The van der Waals surface area contributed by atoms with Crippen molar-refractivity contribution in [3.8, 4) is 11.1 Å². The predicted octanol–water partition coefficient (Wildman–Crippen LogP) is 4.45. The van der Waals surface area contributed by atoms with Gasteiger partial charge < -0.3 is 9.84 Å². The first kappa shape index (κ1) is 15.7. The maximum atomic E-state index is 10.6. The molecule has 2 unspecified atom stereocenters. The monoisotopic (exact) mass is 284 g/mol. The quantitative estimate of drug-likeness (QED) is 0.899. The molecule has 0 heterocycles. The first-order valence-electron chi connectivity index (χ1n) is 7.29. The highest BCUT2D eigenvalue weighted by molar-refractivity contribution is 5.63. The number of hydrogen-bond acceptors (Lipinski definition) is 2. The lowest BCUT2D eigenvalue weighted by Gasteiger charge is -2.33. The highest BCUT2D eigenvalue weighted by Gasteiger charge is 2.32. The summed E-state index contributed by atoms with van der Waals surface area (Å²) in [7, 11) is 1.65. The summed E-state index contributed by atoms with van der Waals surface area (Å²) in [5.74, 6) is 0. The maximum Gasteiger partial charge on any atom is 0.106 e. The zero-order chi connectivity index (χ0) is 15.5. The molecule has 0 radical (unpaired) electrons. The van der Waals surface area contributed by atoms with Crippen LogP contribution < -0.4 is 0 Å². The molecule has 0 saturated heterocycles. The Labute approximate surface area is 127 Å². The van der Waals surface area contributed by atoms with Crippen molar-refractivity contribution in [1.82, 2.24) is 0 Å². The molecule has 2 aromatic rings. The topological polar surface area (TPSA) is 29.5 Å². The number of methoxy groups -OCH3 is 1. The third-order valence-electron chi connectivity index (χ3n) is 3.75. The van der Waals surface area contributed by atoms with Crippen LogP contribution >= 0.6 is 0 Å². The SMILES string of the molecule is COC(C(O)c1ccc(-c2ccccc2)cc1)C(C)(C)C. The molecule has 2 aromatic carbocycles. The summed E-state index contributed by atoms with van der Waals surface area (Å²) in [4.78, 5) is 0. The lowest BCUT2D eigenvalue weighted by molar-refractivity contribution is -0.0724. The van der Waals surface area contributed by atoms with E-state index in [0.717, 1.165) is 11.1 Å². The van der Waals surface area contributed by atoms with E-state index >= 15 is 0 Å². The Kier molecular flexibility index (Phi) is 4.81. The summed E-state index contributed by atoms with van der Waals surface area (Å²) < 4.78 is 5.50. The first-order chi connectivity index (χ1) is 9.93. The van der Waals surface area contributed by atoms with Crippen LogP contribution in [-0.4, -0.2) is 18.3 Å². The molecule has 2 nitrogen and oxygen atoms in total. The molecule has 2 atom stereocenters. The molecule has 0 aliphatic carbocycles. The molecular weight excluding hydrogens is 260 g/mol. The van der Waals surface area contributed by atoms with Gasteiger partial charge in [-0.1, -0.05) is 75.4 Å². The Morgan fingerprint density at radius 3 is 1.86 bits per heavy atom. The molecule has 0 aliphatic rings. The Morgan fingerprint density at radius 1 is 0.857 bits per heavy atom. The Bertz CT molecular complexity index is 552. The summed E-state index contributed by atoms with van der Waals surface area (Å²) in [6.45, 7) is 6.22. The molecule has 0 fully saturated rings. The van der Waals surface area contributed by atoms with Crippen molar-refractivity contribution in [1.29, 1.82) is 0 Å². The summed E-state index contributed by atoms with van der Waals surface area (Å²) in [6, 6.07) is 18.3. The zero-order valence-electron chi connectivity index (χ0n) is 13.2. The number of aliphatic hydroxyl groups is 1. The maximum absolute atomic E-state index is 10.6. The number of hydrogen-bond donors (Lipinski definition) is 1. The van der Waals surface area contributed by atoms with Crippen LogP contribution in [0.4, 0.5) is 0 Å². The Balaban J connectivity index is 2.23. The van der Waals surface area contributed by atoms with Gasteiger partial charge in [0.15, 0.2) is 0 Å². The van der Waals surface area contributed by atoms with E-state index < -0.39 is 6.10 Å². The minimum atomic E-state index is -0.625. The molecule has 0 saturated carbocycles. The van der Waals surface area contributed by atoms with Gasteiger partial charge in [0.05, 0.1) is 6.10 Å². The van der Waals surface area contributed by atoms with Crippen molar-refractivity contribution >= 4 is 0 Å². The molecule has 0 aromatic heterocycles. The Hall–Kier alpha value is -1.64. The molecule has 2 heteroatoms. The van der Waals surface area contributed by atoms with Gasteiger partial charge in [-0.25, -0.2) is 0 Å². The van der Waals surface area contributed by atoms with E-state index in [1.165, 1.54) is 5.56 Å². The average Bonchev–Trinajstić information content (AvgIpc) is 2.47. The van der Waals surface area contributed by atoms with Gasteiger partial charge in [0.25, 0.3) is 0 Å². The third-order valence-corrected chi connectivity index (χ3v) is 3.75. The summed E-state index contributed by atoms with van der Waals surface area (Å²) in [6.07, 6.45) is -0.861. The van der Waals surface area contributed by atoms with E-state index in [2.05, 4.69) is 32.9 Å². The van der Waals surface area contributed by atoms with Crippen LogP contribution in [0.25, 0.3) is 11.1 Å². The number of ether oxygens (including phenoxy) is 1. The molecule has 0 bridgehead atoms. The van der Waals surface area contributed by atoms with Crippen LogP contribution in [0, 0.1) is 5.41 Å². The average molecular weight is 284 g/mol. The van der Waals surface area contributed by atoms with Crippen molar-refractivity contribution in [2.24, 2.45) is 5.41 Å². The van der Waals surface area contributed by atoms with Crippen molar-refractivity contribution in [2.75, 3.05) is 7.11 Å². The van der Waals surface area contributed by atoms with Gasteiger partial charge in [-0.05, 0) is 22.1 Å². The fourth-order valence-electron chi connectivity index (χ4n) is 2.63. The number of rotatable bonds is 4. The van der Waals surface area contributed by atoms with Crippen LogP contribution in [0.1, 0.15) is 32.4 Å². The normalized spacial score (nSPS) is 14.7. The minimum absolute atomic E-state index is 0.119. The molecular formula is C19H24O2. The second-order valence-electron chi connectivity index (χ2n) is 6.46.